The number of aryl methyl sites for hydroxylation is 1. The molecular formula is C20H28N2. The first kappa shape index (κ1) is 15.5. The third kappa shape index (κ3) is 3.03. The zero-order valence-electron chi connectivity index (χ0n) is 14.4. The Bertz CT molecular complexity index is 671. The second-order valence-electron chi connectivity index (χ2n) is 7.19. The van der Waals surface area contributed by atoms with Gasteiger partial charge in [-0.1, -0.05) is 33.8 Å². The van der Waals surface area contributed by atoms with Crippen LogP contribution >= 0.6 is 0 Å². The van der Waals surface area contributed by atoms with Crippen molar-refractivity contribution >= 4 is 10.9 Å². The highest BCUT2D eigenvalue weighted by Crippen LogP contribution is 2.31. The Kier molecular flexibility index (Phi) is 4.49. The van der Waals surface area contributed by atoms with E-state index in [0.717, 1.165) is 13.0 Å². The Morgan fingerprint density at radius 1 is 1.09 bits per heavy atom. The van der Waals surface area contributed by atoms with Gasteiger partial charge < -0.3 is 5.32 Å². The van der Waals surface area contributed by atoms with E-state index in [4.69, 9.17) is 4.98 Å². The normalized spacial score (nSPS) is 14.8. The number of nitrogens with zero attached hydrogens (tertiary/aromatic N) is 1. The van der Waals surface area contributed by atoms with Gasteiger partial charge in [0.15, 0.2) is 0 Å². The summed E-state index contributed by atoms with van der Waals surface area (Å²) in [4.78, 5) is 4.98. The fraction of sp³-hybridized carbons (Fsp3) is 0.550. The van der Waals surface area contributed by atoms with Crippen molar-refractivity contribution in [3.05, 3.63) is 40.6 Å². The minimum atomic E-state index is 0.510. The van der Waals surface area contributed by atoms with Gasteiger partial charge in [-0.25, -0.2) is 0 Å². The summed E-state index contributed by atoms with van der Waals surface area (Å²) in [5.74, 6) is 0.561. The molecule has 0 bridgehead atoms. The molecule has 0 spiro atoms. The SMILES string of the molecule is CC(C)NCc1c2c(nc3ccc(C(C)C)cc13)CCCC2. The molecule has 0 unspecified atom stereocenters. The molecule has 1 heterocycles. The van der Waals surface area contributed by atoms with Crippen LogP contribution in [-0.2, 0) is 19.4 Å². The first-order chi connectivity index (χ1) is 10.6. The fourth-order valence-corrected chi connectivity index (χ4v) is 3.41. The van der Waals surface area contributed by atoms with Gasteiger partial charge in [0.1, 0.15) is 0 Å². The lowest BCUT2D eigenvalue weighted by Gasteiger charge is -2.22. The molecule has 0 amide bonds. The number of hydrogen-bond acceptors (Lipinski definition) is 2. The molecule has 0 saturated heterocycles. The van der Waals surface area contributed by atoms with E-state index in [1.807, 2.05) is 0 Å². The highest BCUT2D eigenvalue weighted by Gasteiger charge is 2.18. The summed E-state index contributed by atoms with van der Waals surface area (Å²) in [6.45, 7) is 9.92. The minimum absolute atomic E-state index is 0.510. The Morgan fingerprint density at radius 3 is 2.59 bits per heavy atom. The van der Waals surface area contributed by atoms with E-state index in [1.165, 1.54) is 52.5 Å². The average Bonchev–Trinajstić information content (AvgIpc) is 2.50. The predicted octanol–water partition coefficient (Wildman–Crippen LogP) is 4.74. The van der Waals surface area contributed by atoms with E-state index >= 15 is 0 Å². The zero-order chi connectivity index (χ0) is 15.7. The van der Waals surface area contributed by atoms with Crippen LogP contribution in [0.25, 0.3) is 10.9 Å². The maximum absolute atomic E-state index is 4.98. The molecule has 0 saturated carbocycles. The topological polar surface area (TPSA) is 24.9 Å². The molecule has 1 aliphatic rings. The number of aromatic nitrogens is 1. The van der Waals surface area contributed by atoms with Crippen LogP contribution in [0.15, 0.2) is 18.2 Å². The summed E-state index contributed by atoms with van der Waals surface area (Å²) < 4.78 is 0. The lowest BCUT2D eigenvalue weighted by Crippen LogP contribution is -2.24. The highest BCUT2D eigenvalue weighted by atomic mass is 14.9. The van der Waals surface area contributed by atoms with E-state index in [2.05, 4.69) is 51.2 Å². The second-order valence-corrected chi connectivity index (χ2v) is 7.19. The molecule has 0 atom stereocenters. The van der Waals surface area contributed by atoms with Crippen LogP contribution in [0, 0.1) is 0 Å². The van der Waals surface area contributed by atoms with Gasteiger partial charge in [0.05, 0.1) is 5.52 Å². The quantitative estimate of drug-likeness (QED) is 0.882. The Balaban J connectivity index is 2.16. The van der Waals surface area contributed by atoms with Crippen LogP contribution in [0.5, 0.6) is 0 Å². The molecule has 22 heavy (non-hydrogen) atoms. The highest BCUT2D eigenvalue weighted by molar-refractivity contribution is 5.84. The van der Waals surface area contributed by atoms with Crippen molar-refractivity contribution in [2.24, 2.45) is 0 Å². The van der Waals surface area contributed by atoms with Gasteiger partial charge in [0.25, 0.3) is 0 Å². The molecule has 2 nitrogen and oxygen atoms in total. The summed E-state index contributed by atoms with van der Waals surface area (Å²) in [7, 11) is 0. The zero-order valence-corrected chi connectivity index (χ0v) is 14.4. The van der Waals surface area contributed by atoms with Crippen LogP contribution in [0.2, 0.25) is 0 Å². The molecule has 1 aliphatic carbocycles. The van der Waals surface area contributed by atoms with Gasteiger partial charge in [-0.3, -0.25) is 4.98 Å². The number of fused-ring (bicyclic) bond motifs is 2. The number of benzene rings is 1. The van der Waals surface area contributed by atoms with Gasteiger partial charge in [-0.05, 0) is 60.4 Å². The van der Waals surface area contributed by atoms with E-state index in [0.29, 0.717) is 12.0 Å². The largest absolute Gasteiger partial charge is 0.310 e. The maximum atomic E-state index is 4.98. The molecule has 1 N–H and O–H groups in total. The van der Waals surface area contributed by atoms with Gasteiger partial charge in [-0.15, -0.1) is 0 Å². The van der Waals surface area contributed by atoms with E-state index in [-0.39, 0.29) is 0 Å². The van der Waals surface area contributed by atoms with Crippen molar-refractivity contribution in [3.8, 4) is 0 Å². The number of pyridine rings is 1. The fourth-order valence-electron chi connectivity index (χ4n) is 3.41. The number of hydrogen-bond donors (Lipinski definition) is 1. The molecule has 1 aromatic heterocycles. The summed E-state index contributed by atoms with van der Waals surface area (Å²) in [5.41, 5.74) is 6.95. The van der Waals surface area contributed by atoms with E-state index in [1.54, 1.807) is 0 Å². The van der Waals surface area contributed by atoms with Gasteiger partial charge in [0, 0.05) is 23.7 Å². The monoisotopic (exact) mass is 296 g/mol. The molecule has 0 fully saturated rings. The van der Waals surface area contributed by atoms with Crippen molar-refractivity contribution in [1.29, 1.82) is 0 Å². The molecule has 2 aromatic rings. The summed E-state index contributed by atoms with van der Waals surface area (Å²) in [6, 6.07) is 7.35. The van der Waals surface area contributed by atoms with Gasteiger partial charge in [0.2, 0.25) is 0 Å². The maximum Gasteiger partial charge on any atom is 0.0708 e. The van der Waals surface area contributed by atoms with Crippen molar-refractivity contribution < 1.29 is 0 Å². The van der Waals surface area contributed by atoms with Crippen molar-refractivity contribution in [1.82, 2.24) is 10.3 Å². The van der Waals surface area contributed by atoms with Gasteiger partial charge in [-0.2, -0.15) is 0 Å². The molecular weight excluding hydrogens is 268 g/mol. The van der Waals surface area contributed by atoms with Crippen LogP contribution in [0.3, 0.4) is 0 Å². The van der Waals surface area contributed by atoms with Crippen LogP contribution < -0.4 is 5.32 Å². The summed E-state index contributed by atoms with van der Waals surface area (Å²) in [6.07, 6.45) is 4.93. The number of nitrogens with one attached hydrogen (secondary N) is 1. The molecule has 1 aromatic carbocycles. The smallest absolute Gasteiger partial charge is 0.0708 e. The third-order valence-corrected chi connectivity index (χ3v) is 4.76. The van der Waals surface area contributed by atoms with Crippen molar-refractivity contribution in [3.63, 3.8) is 0 Å². The van der Waals surface area contributed by atoms with E-state index in [9.17, 15) is 0 Å². The first-order valence-electron chi connectivity index (χ1n) is 8.74. The van der Waals surface area contributed by atoms with Crippen LogP contribution in [0.4, 0.5) is 0 Å². The predicted molar refractivity (Wildman–Crippen MR) is 94.4 cm³/mol. The van der Waals surface area contributed by atoms with Crippen molar-refractivity contribution in [2.75, 3.05) is 0 Å². The minimum Gasteiger partial charge on any atom is -0.310 e. The Hall–Kier alpha value is -1.41. The molecule has 0 aliphatic heterocycles. The lowest BCUT2D eigenvalue weighted by atomic mass is 9.88. The molecule has 2 heteroatoms. The van der Waals surface area contributed by atoms with Crippen LogP contribution in [-0.4, -0.2) is 11.0 Å². The third-order valence-electron chi connectivity index (χ3n) is 4.76. The first-order valence-corrected chi connectivity index (χ1v) is 8.74. The average molecular weight is 296 g/mol. The molecule has 3 rings (SSSR count). The Morgan fingerprint density at radius 2 is 1.86 bits per heavy atom. The van der Waals surface area contributed by atoms with Crippen LogP contribution in [0.1, 0.15) is 68.8 Å². The Labute approximate surface area is 134 Å². The van der Waals surface area contributed by atoms with E-state index < -0.39 is 0 Å². The van der Waals surface area contributed by atoms with Gasteiger partial charge >= 0.3 is 0 Å². The molecule has 118 valence electrons. The lowest BCUT2D eigenvalue weighted by molar-refractivity contribution is 0.581. The molecule has 0 radical (unpaired) electrons. The summed E-state index contributed by atoms with van der Waals surface area (Å²) >= 11 is 0. The summed E-state index contributed by atoms with van der Waals surface area (Å²) in [5, 5.41) is 4.99. The second kappa shape index (κ2) is 6.37. The standard InChI is InChI=1S/C20H28N2/c1-13(2)15-9-10-20-17(11-15)18(12-21-14(3)4)16-7-5-6-8-19(16)22-20/h9-11,13-14,21H,5-8,12H2,1-4H3. The number of rotatable bonds is 4. The van der Waals surface area contributed by atoms with Crippen molar-refractivity contribution in [2.45, 2.75) is 71.9 Å².